The van der Waals surface area contributed by atoms with E-state index in [2.05, 4.69) is 9.97 Å². The molecule has 0 atom stereocenters. The first kappa shape index (κ1) is 11.0. The van der Waals surface area contributed by atoms with E-state index < -0.39 is 11.4 Å². The van der Waals surface area contributed by atoms with Crippen LogP contribution in [0.2, 0.25) is 0 Å². The molecule has 0 aromatic carbocycles. The second-order valence-corrected chi connectivity index (χ2v) is 4.20. The lowest BCUT2D eigenvalue weighted by Crippen LogP contribution is -2.29. The van der Waals surface area contributed by atoms with Crippen LogP contribution >= 0.6 is 11.8 Å². The topological polar surface area (TPSA) is 63.1 Å². The zero-order valence-corrected chi connectivity index (χ0v) is 9.13. The van der Waals surface area contributed by atoms with Crippen molar-refractivity contribution in [2.24, 2.45) is 0 Å². The van der Waals surface area contributed by atoms with E-state index in [1.807, 2.05) is 6.26 Å². The summed E-state index contributed by atoms with van der Waals surface area (Å²) in [6.45, 7) is 3.25. The molecule has 0 spiro atoms. The maximum atomic E-state index is 11.0. The fourth-order valence-electron chi connectivity index (χ4n) is 0.902. The van der Waals surface area contributed by atoms with Gasteiger partial charge in [0.05, 0.1) is 10.7 Å². The molecule has 1 N–H and O–H groups in total. The summed E-state index contributed by atoms with van der Waals surface area (Å²) in [6.07, 6.45) is 3.28. The zero-order chi connectivity index (χ0) is 10.8. The van der Waals surface area contributed by atoms with Crippen molar-refractivity contribution in [1.29, 1.82) is 0 Å². The molecule has 0 saturated heterocycles. The van der Waals surface area contributed by atoms with Gasteiger partial charge in [0.2, 0.25) is 0 Å². The second kappa shape index (κ2) is 3.96. The van der Waals surface area contributed by atoms with Crippen LogP contribution in [0.5, 0.6) is 0 Å². The minimum atomic E-state index is -0.965. The summed E-state index contributed by atoms with van der Waals surface area (Å²) in [6, 6.07) is 1.71. The van der Waals surface area contributed by atoms with Gasteiger partial charge in [-0.15, -0.1) is 11.8 Å². The van der Waals surface area contributed by atoms with Crippen LogP contribution in [0.15, 0.2) is 17.4 Å². The Morgan fingerprint density at radius 3 is 2.64 bits per heavy atom. The summed E-state index contributed by atoms with van der Waals surface area (Å²) < 4.78 is 0. The molecular formula is C9H12N2O2S. The van der Waals surface area contributed by atoms with Gasteiger partial charge < -0.3 is 5.11 Å². The Morgan fingerprint density at radius 2 is 2.14 bits per heavy atom. The number of carbonyl (C=O) groups is 1. The minimum Gasteiger partial charge on any atom is -0.481 e. The summed E-state index contributed by atoms with van der Waals surface area (Å²) in [4.78, 5) is 18.9. The molecule has 0 bridgehead atoms. The molecule has 76 valence electrons. The van der Waals surface area contributed by atoms with Crippen molar-refractivity contribution in [3.8, 4) is 0 Å². The number of carboxylic acid groups (broad SMARTS) is 1. The Kier molecular flexibility index (Phi) is 3.10. The fourth-order valence-corrected chi connectivity index (χ4v) is 1.28. The number of hydrogen-bond acceptors (Lipinski definition) is 4. The maximum absolute atomic E-state index is 11.0. The molecule has 4 nitrogen and oxygen atoms in total. The molecule has 1 aromatic heterocycles. The Balaban J connectivity index is 3.12. The molecule has 1 rings (SSSR count). The summed E-state index contributed by atoms with van der Waals surface area (Å²) in [5.41, 5.74) is -0.433. The van der Waals surface area contributed by atoms with Crippen LogP contribution in [0.25, 0.3) is 0 Å². The van der Waals surface area contributed by atoms with Gasteiger partial charge in [0.15, 0.2) is 0 Å². The number of aromatic nitrogens is 2. The number of carboxylic acids is 1. The minimum absolute atomic E-state index is 0.532. The molecule has 0 aliphatic rings. The Bertz CT molecular complexity index is 352. The lowest BCUT2D eigenvalue weighted by Gasteiger charge is -2.18. The second-order valence-electron chi connectivity index (χ2n) is 3.38. The van der Waals surface area contributed by atoms with Crippen molar-refractivity contribution in [3.05, 3.63) is 18.1 Å². The zero-order valence-electron chi connectivity index (χ0n) is 8.31. The molecule has 1 heterocycles. The highest BCUT2D eigenvalue weighted by atomic mass is 32.2. The van der Waals surface area contributed by atoms with Crippen LogP contribution in [0.1, 0.15) is 19.5 Å². The fraction of sp³-hybridized carbons (Fsp3) is 0.444. The van der Waals surface area contributed by atoms with E-state index in [4.69, 9.17) is 5.11 Å². The number of thioether (sulfide) groups is 1. The first-order chi connectivity index (χ1) is 6.48. The predicted octanol–water partition coefficient (Wildman–Crippen LogP) is 1.56. The number of nitrogens with zero attached hydrogens (tertiary/aromatic N) is 2. The number of aliphatic carboxylic acids is 1. The van der Waals surface area contributed by atoms with E-state index in [0.29, 0.717) is 5.69 Å². The average molecular weight is 212 g/mol. The number of rotatable bonds is 3. The molecule has 0 radical (unpaired) electrons. The van der Waals surface area contributed by atoms with Crippen molar-refractivity contribution < 1.29 is 9.90 Å². The summed E-state index contributed by atoms with van der Waals surface area (Å²) in [7, 11) is 0. The molecule has 0 fully saturated rings. The van der Waals surface area contributed by atoms with Crippen molar-refractivity contribution in [3.63, 3.8) is 0 Å². The smallest absolute Gasteiger partial charge is 0.315 e. The largest absolute Gasteiger partial charge is 0.481 e. The first-order valence-electron chi connectivity index (χ1n) is 4.08. The van der Waals surface area contributed by atoms with Gasteiger partial charge in [0.25, 0.3) is 0 Å². The van der Waals surface area contributed by atoms with E-state index in [1.165, 1.54) is 18.1 Å². The van der Waals surface area contributed by atoms with E-state index >= 15 is 0 Å². The van der Waals surface area contributed by atoms with Crippen molar-refractivity contribution >= 4 is 17.7 Å². The molecular weight excluding hydrogens is 200 g/mol. The van der Waals surface area contributed by atoms with Gasteiger partial charge in [-0.3, -0.25) is 4.79 Å². The molecule has 1 aromatic rings. The van der Waals surface area contributed by atoms with Crippen LogP contribution in [0, 0.1) is 0 Å². The highest BCUT2D eigenvalue weighted by Crippen LogP contribution is 2.23. The normalized spacial score (nSPS) is 11.4. The lowest BCUT2D eigenvalue weighted by atomic mass is 9.89. The Morgan fingerprint density at radius 1 is 1.50 bits per heavy atom. The van der Waals surface area contributed by atoms with E-state index in [0.717, 1.165) is 5.03 Å². The predicted molar refractivity (Wildman–Crippen MR) is 54.5 cm³/mol. The van der Waals surface area contributed by atoms with Crippen molar-refractivity contribution in [2.45, 2.75) is 24.3 Å². The van der Waals surface area contributed by atoms with Crippen LogP contribution < -0.4 is 0 Å². The molecule has 0 amide bonds. The summed E-state index contributed by atoms with van der Waals surface area (Å²) in [5.74, 6) is -0.886. The van der Waals surface area contributed by atoms with E-state index in [9.17, 15) is 4.79 Å². The Hall–Kier alpha value is -1.10. The molecule has 0 unspecified atom stereocenters. The van der Waals surface area contributed by atoms with Crippen LogP contribution in [-0.2, 0) is 10.2 Å². The molecule has 14 heavy (non-hydrogen) atoms. The number of hydrogen-bond donors (Lipinski definition) is 1. The lowest BCUT2D eigenvalue weighted by molar-refractivity contribution is -0.142. The summed E-state index contributed by atoms with van der Waals surface area (Å²) in [5, 5.41) is 9.77. The van der Waals surface area contributed by atoms with Gasteiger partial charge >= 0.3 is 5.97 Å². The molecule has 0 aliphatic carbocycles. The first-order valence-corrected chi connectivity index (χ1v) is 5.31. The standard InChI is InChI=1S/C9H12N2O2S/c1-9(2,8(12)13)6-4-7(14-3)11-5-10-6/h4-5H,1-3H3,(H,12,13). The summed E-state index contributed by atoms with van der Waals surface area (Å²) >= 11 is 1.47. The maximum Gasteiger partial charge on any atom is 0.315 e. The van der Waals surface area contributed by atoms with Crippen LogP contribution in [0.4, 0.5) is 0 Å². The van der Waals surface area contributed by atoms with Crippen molar-refractivity contribution in [2.75, 3.05) is 6.26 Å². The van der Waals surface area contributed by atoms with E-state index in [-0.39, 0.29) is 0 Å². The van der Waals surface area contributed by atoms with Gasteiger partial charge in [-0.1, -0.05) is 0 Å². The quantitative estimate of drug-likeness (QED) is 0.608. The van der Waals surface area contributed by atoms with Gasteiger partial charge in [0, 0.05) is 0 Å². The highest BCUT2D eigenvalue weighted by Gasteiger charge is 2.31. The monoisotopic (exact) mass is 212 g/mol. The van der Waals surface area contributed by atoms with Gasteiger partial charge in [-0.25, -0.2) is 9.97 Å². The van der Waals surface area contributed by atoms with E-state index in [1.54, 1.807) is 19.9 Å². The SMILES string of the molecule is CSc1cc(C(C)(C)C(=O)O)ncn1. The molecule has 5 heteroatoms. The van der Waals surface area contributed by atoms with Gasteiger partial charge in [-0.05, 0) is 26.2 Å². The highest BCUT2D eigenvalue weighted by molar-refractivity contribution is 7.98. The van der Waals surface area contributed by atoms with Gasteiger partial charge in [0.1, 0.15) is 11.7 Å². The third kappa shape index (κ3) is 2.04. The van der Waals surface area contributed by atoms with Crippen LogP contribution in [0.3, 0.4) is 0 Å². The third-order valence-corrected chi connectivity index (χ3v) is 2.67. The Labute approximate surface area is 86.8 Å². The molecule has 0 aliphatic heterocycles. The molecule has 0 saturated carbocycles. The average Bonchev–Trinajstić information content (AvgIpc) is 2.17. The van der Waals surface area contributed by atoms with Gasteiger partial charge in [-0.2, -0.15) is 0 Å². The third-order valence-electron chi connectivity index (χ3n) is 2.03. The van der Waals surface area contributed by atoms with Crippen LogP contribution in [-0.4, -0.2) is 27.3 Å². The van der Waals surface area contributed by atoms with Crippen molar-refractivity contribution in [1.82, 2.24) is 9.97 Å².